The molecule has 0 aromatic heterocycles. The average molecular weight is 212 g/mol. The molecule has 0 saturated heterocycles. The van der Waals surface area contributed by atoms with Gasteiger partial charge < -0.3 is 11.1 Å². The maximum atomic E-state index is 11.9. The Bertz CT molecular complexity index is 222. The second kappa shape index (κ2) is 4.97. The summed E-state index contributed by atoms with van der Waals surface area (Å²) in [6.07, 6.45) is 4.23. The minimum atomic E-state index is -0.167. The maximum absolute atomic E-state index is 11.9. The fourth-order valence-corrected chi connectivity index (χ4v) is 2.08. The molecule has 1 saturated carbocycles. The van der Waals surface area contributed by atoms with Crippen LogP contribution in [0.1, 0.15) is 46.5 Å². The second-order valence-electron chi connectivity index (χ2n) is 4.90. The molecule has 88 valence electrons. The zero-order chi connectivity index (χ0) is 11.5. The molecule has 3 nitrogen and oxygen atoms in total. The van der Waals surface area contributed by atoms with Crippen molar-refractivity contribution < 1.29 is 4.79 Å². The van der Waals surface area contributed by atoms with Crippen LogP contribution in [0.3, 0.4) is 0 Å². The molecule has 3 N–H and O–H groups in total. The van der Waals surface area contributed by atoms with Crippen LogP contribution in [0.15, 0.2) is 0 Å². The lowest BCUT2D eigenvalue weighted by atomic mass is 9.93. The van der Waals surface area contributed by atoms with Crippen LogP contribution >= 0.6 is 0 Å². The Balaban J connectivity index is 2.54. The summed E-state index contributed by atoms with van der Waals surface area (Å²) in [5.74, 6) is 0.926. The Kier molecular flexibility index (Phi) is 4.14. The van der Waals surface area contributed by atoms with Gasteiger partial charge in [0, 0.05) is 12.5 Å². The molecular formula is C12H24N2O. The molecule has 1 atom stereocenters. The van der Waals surface area contributed by atoms with Gasteiger partial charge in [-0.3, -0.25) is 4.79 Å². The molecule has 1 fully saturated rings. The van der Waals surface area contributed by atoms with Gasteiger partial charge in [0.15, 0.2) is 0 Å². The van der Waals surface area contributed by atoms with Gasteiger partial charge in [-0.05, 0) is 38.5 Å². The molecule has 0 radical (unpaired) electrons. The van der Waals surface area contributed by atoms with Gasteiger partial charge in [0.2, 0.25) is 5.91 Å². The topological polar surface area (TPSA) is 55.1 Å². The number of carbonyl (C=O) groups is 1. The largest absolute Gasteiger partial charge is 0.349 e. The van der Waals surface area contributed by atoms with E-state index in [-0.39, 0.29) is 17.4 Å². The molecule has 0 spiro atoms. The maximum Gasteiger partial charge on any atom is 0.223 e. The van der Waals surface area contributed by atoms with E-state index < -0.39 is 0 Å². The molecule has 3 heteroatoms. The third-order valence-corrected chi connectivity index (χ3v) is 3.67. The Morgan fingerprint density at radius 1 is 1.47 bits per heavy atom. The van der Waals surface area contributed by atoms with Crippen molar-refractivity contribution in [3.63, 3.8) is 0 Å². The lowest BCUT2D eigenvalue weighted by Gasteiger charge is -2.31. The molecule has 15 heavy (non-hydrogen) atoms. The van der Waals surface area contributed by atoms with E-state index in [4.69, 9.17) is 5.73 Å². The average Bonchev–Trinajstić information content (AvgIpc) is 3.03. The molecule has 0 aromatic rings. The standard InChI is InChI=1S/C12H24N2O/c1-4-9(5-2)11(15)14-12(3,8-13)10-6-7-10/h9-10H,4-8,13H2,1-3H3,(H,14,15). The molecule has 1 rings (SSSR count). The van der Waals surface area contributed by atoms with E-state index in [9.17, 15) is 4.79 Å². The third-order valence-electron chi connectivity index (χ3n) is 3.67. The van der Waals surface area contributed by atoms with E-state index in [1.165, 1.54) is 12.8 Å². The molecular weight excluding hydrogens is 188 g/mol. The molecule has 1 amide bonds. The van der Waals surface area contributed by atoms with Gasteiger partial charge in [0.1, 0.15) is 0 Å². The van der Waals surface area contributed by atoms with Crippen LogP contribution in [0.25, 0.3) is 0 Å². The normalized spacial score (nSPS) is 20.1. The van der Waals surface area contributed by atoms with Crippen molar-refractivity contribution in [1.29, 1.82) is 0 Å². The van der Waals surface area contributed by atoms with Crippen LogP contribution in [0.2, 0.25) is 0 Å². The Hall–Kier alpha value is -0.570. The van der Waals surface area contributed by atoms with E-state index in [1.54, 1.807) is 0 Å². The summed E-state index contributed by atoms with van der Waals surface area (Å²) < 4.78 is 0. The molecule has 0 bridgehead atoms. The van der Waals surface area contributed by atoms with Crippen LogP contribution < -0.4 is 11.1 Å². The number of amides is 1. The van der Waals surface area contributed by atoms with Crippen molar-refractivity contribution in [2.45, 2.75) is 52.0 Å². The number of hydrogen-bond donors (Lipinski definition) is 2. The van der Waals surface area contributed by atoms with E-state index in [2.05, 4.69) is 26.1 Å². The SMILES string of the molecule is CCC(CC)C(=O)NC(C)(CN)C1CC1. The van der Waals surface area contributed by atoms with Gasteiger partial charge in [0.25, 0.3) is 0 Å². The first-order chi connectivity index (χ1) is 7.07. The quantitative estimate of drug-likeness (QED) is 0.703. The summed E-state index contributed by atoms with van der Waals surface area (Å²) in [4.78, 5) is 11.9. The van der Waals surface area contributed by atoms with Crippen molar-refractivity contribution in [3.8, 4) is 0 Å². The molecule has 0 aromatic carbocycles. The number of rotatable bonds is 6. The van der Waals surface area contributed by atoms with E-state index in [1.807, 2.05) is 0 Å². The summed E-state index contributed by atoms with van der Waals surface area (Å²) in [6.45, 7) is 6.74. The number of nitrogens with one attached hydrogen (secondary N) is 1. The first-order valence-electron chi connectivity index (χ1n) is 6.09. The molecule has 0 aliphatic heterocycles. The smallest absolute Gasteiger partial charge is 0.223 e. The van der Waals surface area contributed by atoms with Gasteiger partial charge in [-0.25, -0.2) is 0 Å². The van der Waals surface area contributed by atoms with E-state index in [0.29, 0.717) is 12.5 Å². The Labute approximate surface area is 92.8 Å². The number of carbonyl (C=O) groups excluding carboxylic acids is 1. The highest BCUT2D eigenvalue weighted by Gasteiger charge is 2.42. The molecule has 0 heterocycles. The number of nitrogens with two attached hydrogens (primary N) is 1. The monoisotopic (exact) mass is 212 g/mol. The second-order valence-corrected chi connectivity index (χ2v) is 4.90. The third kappa shape index (κ3) is 2.94. The van der Waals surface area contributed by atoms with Crippen molar-refractivity contribution in [1.82, 2.24) is 5.32 Å². The van der Waals surface area contributed by atoms with Gasteiger partial charge in [-0.15, -0.1) is 0 Å². The predicted molar refractivity (Wildman–Crippen MR) is 62.4 cm³/mol. The highest BCUT2D eigenvalue weighted by Crippen LogP contribution is 2.39. The van der Waals surface area contributed by atoms with E-state index in [0.717, 1.165) is 12.8 Å². The van der Waals surface area contributed by atoms with E-state index >= 15 is 0 Å². The van der Waals surface area contributed by atoms with Gasteiger partial charge in [-0.2, -0.15) is 0 Å². The zero-order valence-corrected chi connectivity index (χ0v) is 10.2. The van der Waals surface area contributed by atoms with Crippen LogP contribution in [-0.2, 0) is 4.79 Å². The highest BCUT2D eigenvalue weighted by atomic mass is 16.2. The summed E-state index contributed by atoms with van der Waals surface area (Å²) in [6, 6.07) is 0. The first kappa shape index (κ1) is 12.5. The Morgan fingerprint density at radius 2 is 2.00 bits per heavy atom. The summed E-state index contributed by atoms with van der Waals surface area (Å²) in [5.41, 5.74) is 5.60. The lowest BCUT2D eigenvalue weighted by molar-refractivity contribution is -0.127. The summed E-state index contributed by atoms with van der Waals surface area (Å²) in [5, 5.41) is 3.14. The van der Waals surface area contributed by atoms with Crippen LogP contribution in [0.4, 0.5) is 0 Å². The van der Waals surface area contributed by atoms with Crippen LogP contribution in [0, 0.1) is 11.8 Å². The molecule has 1 aliphatic carbocycles. The van der Waals surface area contributed by atoms with Gasteiger partial charge >= 0.3 is 0 Å². The molecule has 1 unspecified atom stereocenters. The van der Waals surface area contributed by atoms with Crippen molar-refractivity contribution in [2.75, 3.05) is 6.54 Å². The number of hydrogen-bond acceptors (Lipinski definition) is 2. The summed E-state index contributed by atoms with van der Waals surface area (Å²) in [7, 11) is 0. The Morgan fingerprint density at radius 3 is 2.33 bits per heavy atom. The van der Waals surface area contributed by atoms with Crippen LogP contribution in [-0.4, -0.2) is 18.0 Å². The minimum Gasteiger partial charge on any atom is -0.349 e. The fraction of sp³-hybridized carbons (Fsp3) is 0.917. The van der Waals surface area contributed by atoms with Crippen molar-refractivity contribution >= 4 is 5.91 Å². The van der Waals surface area contributed by atoms with Gasteiger partial charge in [0.05, 0.1) is 5.54 Å². The predicted octanol–water partition coefficient (Wildman–Crippen LogP) is 1.67. The van der Waals surface area contributed by atoms with Crippen molar-refractivity contribution in [2.24, 2.45) is 17.6 Å². The highest BCUT2D eigenvalue weighted by molar-refractivity contribution is 5.79. The fourth-order valence-electron chi connectivity index (χ4n) is 2.08. The lowest BCUT2D eigenvalue weighted by Crippen LogP contribution is -2.54. The van der Waals surface area contributed by atoms with Crippen molar-refractivity contribution in [3.05, 3.63) is 0 Å². The summed E-state index contributed by atoms with van der Waals surface area (Å²) >= 11 is 0. The van der Waals surface area contributed by atoms with Crippen LogP contribution in [0.5, 0.6) is 0 Å². The first-order valence-corrected chi connectivity index (χ1v) is 6.09. The van der Waals surface area contributed by atoms with Gasteiger partial charge in [-0.1, -0.05) is 13.8 Å². The minimum absolute atomic E-state index is 0.148. The molecule has 1 aliphatic rings. The zero-order valence-electron chi connectivity index (χ0n) is 10.2.